The minimum absolute atomic E-state index is 0.0604. The van der Waals surface area contributed by atoms with Gasteiger partial charge in [-0.2, -0.15) is 0 Å². The number of rotatable bonds is 7. The lowest BCUT2D eigenvalue weighted by atomic mass is 9.77. The van der Waals surface area contributed by atoms with Crippen LogP contribution in [0.4, 0.5) is 0 Å². The largest absolute Gasteiger partial charge is 0.467 e. The number of carbonyl (C=O) groups is 4. The van der Waals surface area contributed by atoms with Gasteiger partial charge in [0.2, 0.25) is 11.8 Å². The number of esters is 2. The van der Waals surface area contributed by atoms with E-state index < -0.39 is 40.5 Å². The van der Waals surface area contributed by atoms with E-state index in [1.54, 1.807) is 31.7 Å². The number of hydrogen-bond acceptors (Lipinski definition) is 6. The molecule has 8 nitrogen and oxygen atoms in total. The lowest BCUT2D eigenvalue weighted by Crippen LogP contribution is -2.54. The second-order valence-corrected chi connectivity index (χ2v) is 10.9. The minimum atomic E-state index is -1.11. The van der Waals surface area contributed by atoms with Crippen LogP contribution in [0, 0.1) is 17.3 Å². The van der Waals surface area contributed by atoms with Crippen LogP contribution >= 0.6 is 0 Å². The Labute approximate surface area is 191 Å². The number of methoxy groups -OCH3 is 1. The number of nitrogens with one attached hydrogen (secondary N) is 1. The topological polar surface area (TPSA) is 102 Å². The van der Waals surface area contributed by atoms with Crippen molar-refractivity contribution < 1.29 is 28.7 Å². The number of ether oxygens (including phenoxy) is 2. The Morgan fingerprint density at radius 3 is 2.28 bits per heavy atom. The molecule has 2 fully saturated rings. The monoisotopic (exact) mass is 450 g/mol. The third kappa shape index (κ3) is 5.70. The summed E-state index contributed by atoms with van der Waals surface area (Å²) in [5, 5.41) is 2.83. The van der Waals surface area contributed by atoms with Gasteiger partial charge in [-0.25, -0.2) is 4.79 Å². The van der Waals surface area contributed by atoms with Crippen molar-refractivity contribution in [3.8, 4) is 0 Å². The van der Waals surface area contributed by atoms with E-state index in [4.69, 9.17) is 9.47 Å². The summed E-state index contributed by atoms with van der Waals surface area (Å²) in [6.45, 7) is 15.2. The summed E-state index contributed by atoms with van der Waals surface area (Å²) in [6, 6.07) is -0.696. The lowest BCUT2D eigenvalue weighted by molar-refractivity contribution is -0.161. The third-order valence-electron chi connectivity index (χ3n) is 6.17. The van der Waals surface area contributed by atoms with Gasteiger partial charge in [-0.3, -0.25) is 14.4 Å². The van der Waals surface area contributed by atoms with Gasteiger partial charge in [0.1, 0.15) is 17.2 Å². The third-order valence-corrected chi connectivity index (χ3v) is 6.17. The molecule has 180 valence electrons. The van der Waals surface area contributed by atoms with E-state index in [-0.39, 0.29) is 24.2 Å². The maximum atomic E-state index is 13.5. The Balaban J connectivity index is 2.18. The Morgan fingerprint density at radius 2 is 1.81 bits per heavy atom. The lowest BCUT2D eigenvalue weighted by Gasteiger charge is -2.35. The van der Waals surface area contributed by atoms with E-state index >= 15 is 0 Å². The maximum absolute atomic E-state index is 13.5. The van der Waals surface area contributed by atoms with Gasteiger partial charge in [-0.1, -0.05) is 26.8 Å². The molecule has 1 aliphatic carbocycles. The summed E-state index contributed by atoms with van der Waals surface area (Å²) in [5.41, 5.74) is -2.26. The molecule has 0 aromatic carbocycles. The van der Waals surface area contributed by atoms with Crippen LogP contribution in [0.1, 0.15) is 67.2 Å². The predicted octanol–water partition coefficient (Wildman–Crippen LogP) is 2.61. The van der Waals surface area contributed by atoms with Crippen LogP contribution in [0.2, 0.25) is 0 Å². The minimum Gasteiger partial charge on any atom is -0.467 e. The average Bonchev–Trinajstić information content (AvgIpc) is 3.15. The molecule has 4 atom stereocenters. The number of carbonyl (C=O) groups excluding carboxylic acids is 4. The summed E-state index contributed by atoms with van der Waals surface area (Å²) in [5.74, 6) is -2.41. The number of nitrogens with zero attached hydrogens (tertiary/aromatic N) is 1. The first-order valence-corrected chi connectivity index (χ1v) is 11.2. The molecule has 8 heteroatoms. The fraction of sp³-hybridized carbons (Fsp3) is 0.750. The molecule has 32 heavy (non-hydrogen) atoms. The first-order chi connectivity index (χ1) is 14.7. The molecule has 1 N–H and O–H groups in total. The Bertz CT molecular complexity index is 778. The van der Waals surface area contributed by atoms with E-state index in [1.807, 2.05) is 20.8 Å². The van der Waals surface area contributed by atoms with Gasteiger partial charge < -0.3 is 19.7 Å². The van der Waals surface area contributed by atoms with Gasteiger partial charge in [0.15, 0.2) is 0 Å². The molecule has 0 aromatic rings. The van der Waals surface area contributed by atoms with Crippen LogP contribution in [0.5, 0.6) is 0 Å². The Morgan fingerprint density at radius 1 is 1.19 bits per heavy atom. The first-order valence-electron chi connectivity index (χ1n) is 11.2. The fourth-order valence-electron chi connectivity index (χ4n) is 4.30. The van der Waals surface area contributed by atoms with Crippen molar-refractivity contribution in [1.29, 1.82) is 0 Å². The standard InChI is InChI=1S/C24H38N2O6/c1-9-15-14-24(15,21(30)31-8)25-19(28)17-11-10-12-26(17)20(29)16(22(2,3)4)13-18(27)32-23(5,6)7/h9,15-17H,1,10-14H2,2-8H3,(H,25,28)/t15?,16-,17+,24-/m1/s1. The smallest absolute Gasteiger partial charge is 0.332 e. The van der Waals surface area contributed by atoms with E-state index in [2.05, 4.69) is 11.9 Å². The molecule has 1 saturated carbocycles. The summed E-state index contributed by atoms with van der Waals surface area (Å²) in [4.78, 5) is 53.0. The Kier molecular flexibility index (Phi) is 7.47. The highest BCUT2D eigenvalue weighted by molar-refractivity contribution is 5.96. The molecular weight excluding hydrogens is 412 g/mol. The van der Waals surface area contributed by atoms with Crippen molar-refractivity contribution in [1.82, 2.24) is 10.2 Å². The summed E-state index contributed by atoms with van der Waals surface area (Å²) < 4.78 is 10.3. The molecule has 2 aliphatic rings. The van der Waals surface area contributed by atoms with Gasteiger partial charge in [0, 0.05) is 12.5 Å². The highest BCUT2D eigenvalue weighted by atomic mass is 16.6. The van der Waals surface area contributed by atoms with Gasteiger partial charge in [-0.05, 0) is 45.4 Å². The van der Waals surface area contributed by atoms with Crippen LogP contribution in [0.3, 0.4) is 0 Å². The fourth-order valence-corrected chi connectivity index (χ4v) is 4.30. The molecule has 0 radical (unpaired) electrons. The molecule has 0 spiro atoms. The van der Waals surface area contributed by atoms with Crippen LogP contribution in [0.25, 0.3) is 0 Å². The summed E-state index contributed by atoms with van der Waals surface area (Å²) >= 11 is 0. The van der Waals surface area contributed by atoms with Gasteiger partial charge in [-0.15, -0.1) is 6.58 Å². The van der Waals surface area contributed by atoms with Crippen molar-refractivity contribution in [2.45, 2.75) is 84.4 Å². The van der Waals surface area contributed by atoms with Crippen molar-refractivity contribution >= 4 is 23.8 Å². The van der Waals surface area contributed by atoms with Gasteiger partial charge in [0.25, 0.3) is 0 Å². The summed E-state index contributed by atoms with van der Waals surface area (Å²) in [7, 11) is 1.28. The van der Waals surface area contributed by atoms with Crippen LogP contribution in [-0.4, -0.2) is 59.5 Å². The zero-order valence-corrected chi connectivity index (χ0v) is 20.4. The first kappa shape index (κ1) is 25.9. The van der Waals surface area contributed by atoms with Crippen molar-refractivity contribution in [3.63, 3.8) is 0 Å². The second kappa shape index (κ2) is 9.24. The van der Waals surface area contributed by atoms with Crippen LogP contribution in [0.15, 0.2) is 12.7 Å². The van der Waals surface area contributed by atoms with Gasteiger partial charge in [0.05, 0.1) is 19.4 Å². The van der Waals surface area contributed by atoms with Crippen LogP contribution in [-0.2, 0) is 28.7 Å². The molecule has 0 aromatic heterocycles. The molecule has 1 heterocycles. The molecule has 1 saturated heterocycles. The molecule has 1 aliphatic heterocycles. The summed E-state index contributed by atoms with van der Waals surface area (Å²) in [6.07, 6.45) is 3.17. The molecule has 2 rings (SSSR count). The molecule has 0 bridgehead atoms. The highest BCUT2D eigenvalue weighted by Gasteiger charge is 2.61. The van der Waals surface area contributed by atoms with E-state index in [9.17, 15) is 19.2 Å². The van der Waals surface area contributed by atoms with E-state index in [0.717, 1.165) is 0 Å². The maximum Gasteiger partial charge on any atom is 0.332 e. The zero-order chi connectivity index (χ0) is 24.5. The normalized spacial score (nSPS) is 26.2. The van der Waals surface area contributed by atoms with Crippen molar-refractivity contribution in [3.05, 3.63) is 12.7 Å². The zero-order valence-electron chi connectivity index (χ0n) is 20.4. The van der Waals surface area contributed by atoms with Gasteiger partial charge >= 0.3 is 11.9 Å². The number of hydrogen-bond donors (Lipinski definition) is 1. The number of amides is 2. The molecule has 2 amide bonds. The molecule has 1 unspecified atom stereocenters. The Hall–Kier alpha value is -2.38. The number of likely N-dealkylation sites (tertiary alicyclic amines) is 1. The average molecular weight is 451 g/mol. The van der Waals surface area contributed by atoms with Crippen molar-refractivity contribution in [2.75, 3.05) is 13.7 Å². The SMILES string of the molecule is C=CC1C[C@]1(NC(=O)[C@@H]1CCCN1C(=O)[C@@H](CC(=O)OC(C)(C)C)C(C)(C)C)C(=O)OC. The van der Waals surface area contributed by atoms with Crippen molar-refractivity contribution in [2.24, 2.45) is 17.3 Å². The molecular formula is C24H38N2O6. The second-order valence-electron chi connectivity index (χ2n) is 10.9. The highest BCUT2D eigenvalue weighted by Crippen LogP contribution is 2.45. The van der Waals surface area contributed by atoms with E-state index in [1.165, 1.54) is 7.11 Å². The quantitative estimate of drug-likeness (QED) is 0.473. The van der Waals surface area contributed by atoms with Crippen LogP contribution < -0.4 is 5.32 Å². The predicted molar refractivity (Wildman–Crippen MR) is 119 cm³/mol. The van der Waals surface area contributed by atoms with E-state index in [0.29, 0.717) is 25.8 Å².